The van der Waals surface area contributed by atoms with Gasteiger partial charge in [0.15, 0.2) is 11.8 Å². The lowest BCUT2D eigenvalue weighted by Gasteiger charge is -2.24. The molecule has 2 aromatic rings. The standard InChI is InChI=1S/C17H28N8.HI/c1-5-24-11-20-22-16(24)9-19-17(18-4)21-14-7-6-13-10-25(12(2)3)23-15(13)8-14;/h10-12,14H,5-9H2,1-4H3,(H2,18,19,21);1H. The minimum absolute atomic E-state index is 0. The Morgan fingerprint density at radius 1 is 1.42 bits per heavy atom. The third-order valence-corrected chi connectivity index (χ3v) is 4.64. The molecule has 0 radical (unpaired) electrons. The molecule has 1 aliphatic rings. The summed E-state index contributed by atoms with van der Waals surface area (Å²) in [4.78, 5) is 4.34. The third kappa shape index (κ3) is 4.74. The molecule has 1 atom stereocenters. The number of halogens is 1. The lowest BCUT2D eigenvalue weighted by molar-refractivity contribution is 0.498. The molecule has 9 heteroatoms. The molecule has 2 N–H and O–H groups in total. The number of nitrogens with one attached hydrogen (secondary N) is 2. The van der Waals surface area contributed by atoms with Crippen LogP contribution >= 0.6 is 24.0 Å². The maximum Gasteiger partial charge on any atom is 0.191 e. The van der Waals surface area contributed by atoms with Gasteiger partial charge in [-0.25, -0.2) is 0 Å². The van der Waals surface area contributed by atoms with Crippen LogP contribution in [-0.4, -0.2) is 43.6 Å². The molecule has 8 nitrogen and oxygen atoms in total. The van der Waals surface area contributed by atoms with Crippen LogP contribution in [0.15, 0.2) is 17.5 Å². The fourth-order valence-corrected chi connectivity index (χ4v) is 3.13. The monoisotopic (exact) mass is 472 g/mol. The number of aryl methyl sites for hydroxylation is 2. The van der Waals surface area contributed by atoms with Gasteiger partial charge in [0.05, 0.1) is 12.2 Å². The number of aliphatic imine (C=N–C) groups is 1. The topological polar surface area (TPSA) is 85.0 Å². The zero-order valence-corrected chi connectivity index (χ0v) is 18.3. The van der Waals surface area contributed by atoms with Gasteiger partial charge < -0.3 is 15.2 Å². The first-order chi connectivity index (χ1) is 12.1. The van der Waals surface area contributed by atoms with Gasteiger partial charge >= 0.3 is 0 Å². The number of fused-ring (bicyclic) bond motifs is 1. The molecule has 2 heterocycles. The first-order valence-electron chi connectivity index (χ1n) is 9.01. The minimum Gasteiger partial charge on any atom is -0.353 e. The Bertz CT molecular complexity index is 733. The zero-order valence-electron chi connectivity index (χ0n) is 15.9. The molecule has 1 unspecified atom stereocenters. The van der Waals surface area contributed by atoms with E-state index < -0.39 is 0 Å². The number of hydrogen-bond acceptors (Lipinski definition) is 4. The predicted octanol–water partition coefficient (Wildman–Crippen LogP) is 1.92. The van der Waals surface area contributed by atoms with E-state index in [4.69, 9.17) is 5.10 Å². The van der Waals surface area contributed by atoms with Crippen molar-refractivity contribution in [1.82, 2.24) is 35.2 Å². The van der Waals surface area contributed by atoms with Crippen molar-refractivity contribution in [3.63, 3.8) is 0 Å². The average molecular weight is 472 g/mol. The van der Waals surface area contributed by atoms with Crippen molar-refractivity contribution >= 4 is 29.9 Å². The predicted molar refractivity (Wildman–Crippen MR) is 113 cm³/mol. The third-order valence-electron chi connectivity index (χ3n) is 4.64. The number of guanidine groups is 1. The van der Waals surface area contributed by atoms with Crippen molar-refractivity contribution < 1.29 is 0 Å². The van der Waals surface area contributed by atoms with Crippen LogP contribution < -0.4 is 10.6 Å². The van der Waals surface area contributed by atoms with Crippen LogP contribution in [0.3, 0.4) is 0 Å². The van der Waals surface area contributed by atoms with E-state index in [1.165, 1.54) is 11.3 Å². The molecule has 26 heavy (non-hydrogen) atoms. The maximum absolute atomic E-state index is 4.74. The van der Waals surface area contributed by atoms with Gasteiger partial charge in [0.25, 0.3) is 0 Å². The lowest BCUT2D eigenvalue weighted by Crippen LogP contribution is -2.45. The first-order valence-corrected chi connectivity index (χ1v) is 9.01. The average Bonchev–Trinajstić information content (AvgIpc) is 3.24. The maximum atomic E-state index is 4.74. The second-order valence-corrected chi connectivity index (χ2v) is 6.72. The van der Waals surface area contributed by atoms with Crippen LogP contribution in [0.2, 0.25) is 0 Å². The molecule has 0 bridgehead atoms. The molecule has 3 rings (SSSR count). The van der Waals surface area contributed by atoms with Gasteiger partial charge in [-0.1, -0.05) is 0 Å². The van der Waals surface area contributed by atoms with Crippen molar-refractivity contribution in [3.8, 4) is 0 Å². The highest BCUT2D eigenvalue weighted by molar-refractivity contribution is 14.0. The Labute approximate surface area is 171 Å². The van der Waals surface area contributed by atoms with E-state index in [0.29, 0.717) is 18.6 Å². The van der Waals surface area contributed by atoms with Crippen LogP contribution in [0.4, 0.5) is 0 Å². The number of aromatic nitrogens is 5. The van der Waals surface area contributed by atoms with E-state index in [0.717, 1.165) is 37.6 Å². The van der Waals surface area contributed by atoms with Crippen molar-refractivity contribution in [2.45, 2.75) is 65.2 Å². The molecule has 0 amide bonds. The number of hydrogen-bond donors (Lipinski definition) is 2. The summed E-state index contributed by atoms with van der Waals surface area (Å²) in [5, 5.41) is 19.7. The summed E-state index contributed by atoms with van der Waals surface area (Å²) in [5.74, 6) is 1.70. The van der Waals surface area contributed by atoms with Crippen molar-refractivity contribution in [2.75, 3.05) is 7.05 Å². The van der Waals surface area contributed by atoms with E-state index >= 15 is 0 Å². The molecule has 144 valence electrons. The van der Waals surface area contributed by atoms with Gasteiger partial charge in [-0.15, -0.1) is 34.2 Å². The van der Waals surface area contributed by atoms with Crippen LogP contribution in [0.25, 0.3) is 0 Å². The Hall–Kier alpha value is -1.65. The second-order valence-electron chi connectivity index (χ2n) is 6.72. The highest BCUT2D eigenvalue weighted by Gasteiger charge is 2.23. The normalized spacial score (nSPS) is 17.0. The number of rotatable bonds is 5. The minimum atomic E-state index is 0. The van der Waals surface area contributed by atoms with Crippen molar-refractivity contribution in [3.05, 3.63) is 29.6 Å². The Kier molecular flexibility index (Phi) is 7.42. The molecule has 0 fully saturated rings. The van der Waals surface area contributed by atoms with Gasteiger partial charge in [0.2, 0.25) is 0 Å². The summed E-state index contributed by atoms with van der Waals surface area (Å²) in [7, 11) is 1.79. The summed E-state index contributed by atoms with van der Waals surface area (Å²) in [6.07, 6.45) is 7.02. The highest BCUT2D eigenvalue weighted by Crippen LogP contribution is 2.21. The van der Waals surface area contributed by atoms with Crippen molar-refractivity contribution in [2.24, 2.45) is 4.99 Å². The summed E-state index contributed by atoms with van der Waals surface area (Å²) in [6.45, 7) is 7.87. The molecule has 1 aliphatic carbocycles. The van der Waals surface area contributed by atoms with E-state index in [1.807, 2.05) is 4.57 Å². The summed E-state index contributed by atoms with van der Waals surface area (Å²) in [6, 6.07) is 0.751. The molecule has 0 aromatic carbocycles. The fourth-order valence-electron chi connectivity index (χ4n) is 3.13. The largest absolute Gasteiger partial charge is 0.353 e. The summed E-state index contributed by atoms with van der Waals surface area (Å²) < 4.78 is 4.09. The van der Waals surface area contributed by atoms with E-state index in [1.54, 1.807) is 13.4 Å². The molecule has 0 aliphatic heterocycles. The first kappa shape index (κ1) is 20.7. The molecule has 0 saturated carbocycles. The second kappa shape index (κ2) is 9.33. The number of nitrogens with zero attached hydrogens (tertiary/aromatic N) is 6. The summed E-state index contributed by atoms with van der Waals surface area (Å²) in [5.41, 5.74) is 2.59. The van der Waals surface area contributed by atoms with Crippen LogP contribution in [0, 0.1) is 0 Å². The molecule has 2 aromatic heterocycles. The molecule has 0 saturated heterocycles. The lowest BCUT2D eigenvalue weighted by atomic mass is 9.94. The Balaban J connectivity index is 0.00000243. The zero-order chi connectivity index (χ0) is 17.8. The molecule has 0 spiro atoms. The molecular weight excluding hydrogens is 443 g/mol. The van der Waals surface area contributed by atoms with Gasteiger partial charge in [-0.2, -0.15) is 5.10 Å². The highest BCUT2D eigenvalue weighted by atomic mass is 127. The SMILES string of the molecule is CCn1cnnc1CNC(=NC)NC1CCc2cn(C(C)C)nc2C1.I. The van der Waals surface area contributed by atoms with E-state index in [-0.39, 0.29) is 24.0 Å². The van der Waals surface area contributed by atoms with E-state index in [9.17, 15) is 0 Å². The van der Waals surface area contributed by atoms with Gasteiger partial charge in [-0.3, -0.25) is 9.67 Å². The Morgan fingerprint density at radius 3 is 2.92 bits per heavy atom. The smallest absolute Gasteiger partial charge is 0.191 e. The van der Waals surface area contributed by atoms with Gasteiger partial charge in [-0.05, 0) is 39.2 Å². The Morgan fingerprint density at radius 2 is 2.23 bits per heavy atom. The van der Waals surface area contributed by atoms with Gasteiger partial charge in [0.1, 0.15) is 6.33 Å². The molecular formula is C17H29IN8. The van der Waals surface area contributed by atoms with Crippen LogP contribution in [0.1, 0.15) is 50.3 Å². The van der Waals surface area contributed by atoms with Crippen LogP contribution in [-0.2, 0) is 25.9 Å². The summed E-state index contributed by atoms with van der Waals surface area (Å²) >= 11 is 0. The fraction of sp³-hybridized carbons (Fsp3) is 0.647. The van der Waals surface area contributed by atoms with E-state index in [2.05, 4.69) is 57.5 Å². The van der Waals surface area contributed by atoms with Gasteiger partial charge in [0, 0.05) is 38.3 Å². The quantitative estimate of drug-likeness (QED) is 0.395. The van der Waals surface area contributed by atoms with Crippen LogP contribution in [0.5, 0.6) is 0 Å². The van der Waals surface area contributed by atoms with Crippen molar-refractivity contribution in [1.29, 1.82) is 0 Å².